The van der Waals surface area contributed by atoms with Gasteiger partial charge in [-0.05, 0) is 61.0 Å². The van der Waals surface area contributed by atoms with Gasteiger partial charge >= 0.3 is 0 Å². The Morgan fingerprint density at radius 2 is 1.85 bits per heavy atom. The van der Waals surface area contributed by atoms with Gasteiger partial charge in [0.05, 0.1) is 11.6 Å². The Hall–Kier alpha value is -2.04. The van der Waals surface area contributed by atoms with Crippen LogP contribution in [0.4, 0.5) is 0 Å². The van der Waals surface area contributed by atoms with Crippen LogP contribution >= 0.6 is 0 Å². The molecule has 0 bridgehead atoms. The molecular weight excluding hydrogens is 360 g/mol. The highest BCUT2D eigenvalue weighted by atomic mass is 32.2. The summed E-state index contributed by atoms with van der Waals surface area (Å²) in [6.45, 7) is 5.08. The predicted molar refractivity (Wildman–Crippen MR) is 107 cm³/mol. The summed E-state index contributed by atoms with van der Waals surface area (Å²) in [5, 5.41) is 19.6. The van der Waals surface area contributed by atoms with Gasteiger partial charge in [-0.1, -0.05) is 25.1 Å². The molecular formula is C21H26N2O3S. The molecule has 0 heterocycles. The number of rotatable bonds is 10. The molecule has 5 nitrogen and oxygen atoms in total. The van der Waals surface area contributed by atoms with Crippen molar-refractivity contribution in [1.82, 2.24) is 4.90 Å². The van der Waals surface area contributed by atoms with Gasteiger partial charge in [-0.2, -0.15) is 5.26 Å². The number of hydrogen-bond acceptors (Lipinski definition) is 5. The first-order chi connectivity index (χ1) is 13.0. The fraction of sp³-hybridized carbons (Fsp3) is 0.381. The molecule has 27 heavy (non-hydrogen) atoms. The SMILES string of the molecule is CCN(CCC[S+]([O-])c1ccccc1)C(C)(O)COc1ccc(C#N)cc1. The zero-order valence-electron chi connectivity index (χ0n) is 15.8. The van der Waals surface area contributed by atoms with Crippen LogP contribution < -0.4 is 4.74 Å². The van der Waals surface area contributed by atoms with E-state index in [-0.39, 0.29) is 6.61 Å². The van der Waals surface area contributed by atoms with Crippen molar-refractivity contribution in [2.75, 3.05) is 25.4 Å². The van der Waals surface area contributed by atoms with Gasteiger partial charge in [0.2, 0.25) is 0 Å². The molecule has 0 radical (unpaired) electrons. The highest BCUT2D eigenvalue weighted by Crippen LogP contribution is 2.18. The summed E-state index contributed by atoms with van der Waals surface area (Å²) in [7, 11) is 0. The first-order valence-electron chi connectivity index (χ1n) is 9.00. The topological polar surface area (TPSA) is 79.6 Å². The molecule has 0 spiro atoms. The molecule has 6 heteroatoms. The molecule has 0 aliphatic rings. The lowest BCUT2D eigenvalue weighted by molar-refractivity contribution is -0.116. The second-order valence-corrected chi connectivity index (χ2v) is 8.01. The molecule has 1 N–H and O–H groups in total. The Balaban J connectivity index is 1.83. The number of benzene rings is 2. The van der Waals surface area contributed by atoms with E-state index in [9.17, 15) is 9.66 Å². The Morgan fingerprint density at radius 3 is 2.44 bits per heavy atom. The van der Waals surface area contributed by atoms with Crippen molar-refractivity contribution < 1.29 is 14.4 Å². The third kappa shape index (κ3) is 6.56. The lowest BCUT2D eigenvalue weighted by Crippen LogP contribution is -2.51. The van der Waals surface area contributed by atoms with Crippen molar-refractivity contribution in [1.29, 1.82) is 5.26 Å². The lowest BCUT2D eigenvalue weighted by atomic mass is 10.2. The lowest BCUT2D eigenvalue weighted by Gasteiger charge is -2.36. The molecule has 2 aromatic carbocycles. The smallest absolute Gasteiger partial charge is 0.152 e. The molecule has 2 rings (SSSR count). The van der Waals surface area contributed by atoms with Crippen LogP contribution in [-0.4, -0.2) is 45.7 Å². The van der Waals surface area contributed by atoms with Crippen LogP contribution in [0, 0.1) is 11.3 Å². The van der Waals surface area contributed by atoms with Crippen LogP contribution in [0.5, 0.6) is 5.75 Å². The highest BCUT2D eigenvalue weighted by Gasteiger charge is 2.29. The third-order valence-electron chi connectivity index (χ3n) is 4.32. The Labute approximate surface area is 164 Å². The fourth-order valence-corrected chi connectivity index (χ4v) is 3.84. The minimum atomic E-state index is -1.14. The summed E-state index contributed by atoms with van der Waals surface area (Å²) < 4.78 is 18.0. The summed E-state index contributed by atoms with van der Waals surface area (Å²) in [5.41, 5.74) is -0.577. The van der Waals surface area contributed by atoms with E-state index in [1.165, 1.54) is 0 Å². The van der Waals surface area contributed by atoms with E-state index in [0.29, 0.717) is 36.6 Å². The highest BCUT2D eigenvalue weighted by molar-refractivity contribution is 7.91. The normalized spacial score (nSPS) is 14.4. The van der Waals surface area contributed by atoms with Gasteiger partial charge in [0.1, 0.15) is 23.8 Å². The second-order valence-electron chi connectivity index (χ2n) is 6.44. The number of nitrogens with zero attached hydrogens (tertiary/aromatic N) is 2. The van der Waals surface area contributed by atoms with Crippen molar-refractivity contribution in [2.24, 2.45) is 0 Å². The van der Waals surface area contributed by atoms with Gasteiger partial charge in [0.25, 0.3) is 0 Å². The van der Waals surface area contributed by atoms with E-state index >= 15 is 0 Å². The average molecular weight is 387 g/mol. The van der Waals surface area contributed by atoms with Gasteiger partial charge in [-0.15, -0.1) is 0 Å². The van der Waals surface area contributed by atoms with Crippen LogP contribution in [0.2, 0.25) is 0 Å². The molecule has 0 aromatic heterocycles. The van der Waals surface area contributed by atoms with Gasteiger partial charge in [-0.25, -0.2) is 0 Å². The zero-order valence-corrected chi connectivity index (χ0v) is 16.6. The molecule has 2 aromatic rings. The van der Waals surface area contributed by atoms with E-state index in [1.54, 1.807) is 31.2 Å². The predicted octanol–water partition coefficient (Wildman–Crippen LogP) is 3.17. The number of likely N-dealkylation sites (N-methyl/N-ethyl adjacent to an activating group) is 1. The van der Waals surface area contributed by atoms with E-state index in [0.717, 1.165) is 4.90 Å². The third-order valence-corrected chi connectivity index (χ3v) is 5.78. The van der Waals surface area contributed by atoms with Gasteiger partial charge in [-0.3, -0.25) is 4.90 Å². The Bertz CT molecular complexity index is 729. The number of nitriles is 1. The zero-order chi connectivity index (χ0) is 19.7. The minimum absolute atomic E-state index is 0.106. The summed E-state index contributed by atoms with van der Waals surface area (Å²) >= 11 is -1.03. The minimum Gasteiger partial charge on any atom is -0.611 e. The standard InChI is InChI=1S/C21H26N2O3S/c1-3-23(14-7-15-27(25)20-8-5-4-6-9-20)21(2,24)17-26-19-12-10-18(16-22)11-13-19/h4-6,8-13,24H,3,7,14-15,17H2,1-2H3. The van der Waals surface area contributed by atoms with E-state index in [4.69, 9.17) is 10.00 Å². The average Bonchev–Trinajstić information content (AvgIpc) is 2.70. The molecule has 0 aliphatic carbocycles. The summed E-state index contributed by atoms with van der Waals surface area (Å²) in [5.74, 6) is 1.16. The Kier molecular flexibility index (Phi) is 8.14. The maximum Gasteiger partial charge on any atom is 0.152 e. The largest absolute Gasteiger partial charge is 0.611 e. The number of hydrogen-bond donors (Lipinski definition) is 1. The monoisotopic (exact) mass is 386 g/mol. The second kappa shape index (κ2) is 10.3. The molecule has 2 unspecified atom stereocenters. The fourth-order valence-electron chi connectivity index (χ4n) is 2.75. The van der Waals surface area contributed by atoms with E-state index in [2.05, 4.69) is 6.07 Å². The molecule has 0 aliphatic heterocycles. The summed E-state index contributed by atoms with van der Waals surface area (Å²) in [6, 6.07) is 18.3. The van der Waals surface area contributed by atoms with E-state index < -0.39 is 16.9 Å². The van der Waals surface area contributed by atoms with Crippen molar-refractivity contribution in [3.8, 4) is 11.8 Å². The summed E-state index contributed by atoms with van der Waals surface area (Å²) in [6.07, 6.45) is 0.711. The van der Waals surface area contributed by atoms with E-state index in [1.807, 2.05) is 42.2 Å². The first kappa shape index (κ1) is 21.3. The van der Waals surface area contributed by atoms with Crippen LogP contribution in [0.15, 0.2) is 59.5 Å². The molecule has 0 saturated heterocycles. The van der Waals surface area contributed by atoms with Crippen LogP contribution in [0.3, 0.4) is 0 Å². The molecule has 0 saturated carbocycles. The number of ether oxygens (including phenoxy) is 1. The van der Waals surface area contributed by atoms with Crippen LogP contribution in [-0.2, 0) is 11.2 Å². The quantitative estimate of drug-likeness (QED) is 0.501. The maximum atomic E-state index is 12.3. The van der Waals surface area contributed by atoms with Crippen molar-refractivity contribution in [3.63, 3.8) is 0 Å². The van der Waals surface area contributed by atoms with Gasteiger partial charge in [0.15, 0.2) is 4.90 Å². The van der Waals surface area contributed by atoms with Crippen LogP contribution in [0.1, 0.15) is 25.8 Å². The van der Waals surface area contributed by atoms with Crippen LogP contribution in [0.25, 0.3) is 0 Å². The maximum absolute atomic E-state index is 12.3. The molecule has 2 atom stereocenters. The van der Waals surface area contributed by atoms with Gasteiger partial charge < -0.3 is 14.4 Å². The van der Waals surface area contributed by atoms with Crippen molar-refractivity contribution >= 4 is 11.2 Å². The molecule has 0 amide bonds. The number of aliphatic hydroxyl groups is 1. The van der Waals surface area contributed by atoms with Crippen molar-refractivity contribution in [2.45, 2.75) is 30.9 Å². The van der Waals surface area contributed by atoms with Gasteiger partial charge in [0, 0.05) is 13.0 Å². The molecule has 0 fully saturated rings. The summed E-state index contributed by atoms with van der Waals surface area (Å²) in [4.78, 5) is 2.75. The molecule has 144 valence electrons. The Morgan fingerprint density at radius 1 is 1.19 bits per heavy atom. The first-order valence-corrected chi connectivity index (χ1v) is 10.3. The van der Waals surface area contributed by atoms with Crippen molar-refractivity contribution in [3.05, 3.63) is 60.2 Å².